The predicted octanol–water partition coefficient (Wildman–Crippen LogP) is 2.14. The van der Waals surface area contributed by atoms with E-state index in [-0.39, 0.29) is 17.7 Å². The molecular weight excluding hydrogens is 291 g/mol. The molecule has 1 aromatic heterocycles. The first-order chi connectivity index (χ1) is 8.78. The Kier molecular flexibility index (Phi) is 4.82. The van der Waals surface area contributed by atoms with Crippen molar-refractivity contribution in [3.63, 3.8) is 0 Å². The monoisotopic (exact) mass is 299 g/mol. The van der Waals surface area contributed by atoms with E-state index in [1.165, 1.54) is 0 Å². The van der Waals surface area contributed by atoms with E-state index < -0.39 is 29.7 Å². The number of carbonyl (C=O) groups excluding carboxylic acids is 1. The molecule has 0 unspecified atom stereocenters. The number of rotatable bonds is 4. The third-order valence-corrected chi connectivity index (χ3v) is 2.36. The molecule has 0 aromatic carbocycles. The van der Waals surface area contributed by atoms with E-state index in [1.54, 1.807) is 0 Å². The van der Waals surface area contributed by atoms with Gasteiger partial charge in [-0.3, -0.25) is 9.78 Å². The summed E-state index contributed by atoms with van der Waals surface area (Å²) in [4.78, 5) is 14.7. The number of halogens is 4. The van der Waals surface area contributed by atoms with Crippen LogP contribution in [0.2, 0.25) is 0 Å². The summed E-state index contributed by atoms with van der Waals surface area (Å²) in [6.45, 7) is 0. The van der Waals surface area contributed by atoms with E-state index in [2.05, 4.69) is 14.5 Å². The highest BCUT2D eigenvalue weighted by molar-refractivity contribution is 6.17. The Hall–Kier alpha value is -1.70. The molecular formula is C10H9ClF3NO4. The SMILES string of the molecule is COC(=O)Cc1ncc(O)c(OC(F)(F)F)c1CCl. The Labute approximate surface area is 110 Å². The van der Waals surface area contributed by atoms with Gasteiger partial charge in [-0.05, 0) is 0 Å². The van der Waals surface area contributed by atoms with Crippen LogP contribution in [0.3, 0.4) is 0 Å². The zero-order valence-electron chi connectivity index (χ0n) is 9.62. The number of alkyl halides is 4. The van der Waals surface area contributed by atoms with Crippen LogP contribution in [-0.4, -0.2) is 29.5 Å². The molecule has 1 heterocycles. The van der Waals surface area contributed by atoms with Gasteiger partial charge in [-0.1, -0.05) is 0 Å². The minimum absolute atomic E-state index is 0.0566. The standard InChI is InChI=1S/C10H9ClF3NO4/c1-18-8(17)2-6-5(3-11)9(7(16)4-15-6)19-10(12,13)14/h4,16H,2-3H2,1H3. The lowest BCUT2D eigenvalue weighted by atomic mass is 10.1. The first-order valence-electron chi connectivity index (χ1n) is 4.86. The second-order valence-electron chi connectivity index (χ2n) is 3.33. The normalized spacial score (nSPS) is 11.2. The topological polar surface area (TPSA) is 68.7 Å². The molecule has 0 amide bonds. The number of esters is 1. The Balaban J connectivity index is 3.21. The van der Waals surface area contributed by atoms with Crippen LogP contribution in [0.4, 0.5) is 13.2 Å². The van der Waals surface area contributed by atoms with Gasteiger partial charge in [0.2, 0.25) is 0 Å². The van der Waals surface area contributed by atoms with Crippen LogP contribution < -0.4 is 4.74 Å². The summed E-state index contributed by atoms with van der Waals surface area (Å²) in [7, 11) is 1.12. The molecule has 0 aliphatic carbocycles. The van der Waals surface area contributed by atoms with Crippen LogP contribution in [0.25, 0.3) is 0 Å². The molecule has 0 radical (unpaired) electrons. The van der Waals surface area contributed by atoms with E-state index in [9.17, 15) is 23.1 Å². The van der Waals surface area contributed by atoms with Crippen LogP contribution >= 0.6 is 11.6 Å². The zero-order valence-corrected chi connectivity index (χ0v) is 10.4. The number of nitrogens with zero attached hydrogens (tertiary/aromatic N) is 1. The summed E-state index contributed by atoms with van der Waals surface area (Å²) < 4.78 is 44.7. The highest BCUT2D eigenvalue weighted by Crippen LogP contribution is 2.36. The van der Waals surface area contributed by atoms with Crippen molar-refractivity contribution in [1.82, 2.24) is 4.98 Å². The first kappa shape index (κ1) is 15.4. The number of ether oxygens (including phenoxy) is 2. The fourth-order valence-electron chi connectivity index (χ4n) is 1.29. The van der Waals surface area contributed by atoms with Gasteiger partial charge in [-0.2, -0.15) is 0 Å². The maximum absolute atomic E-state index is 12.2. The lowest BCUT2D eigenvalue weighted by Gasteiger charge is -2.15. The van der Waals surface area contributed by atoms with Gasteiger partial charge in [-0.25, -0.2) is 0 Å². The van der Waals surface area contributed by atoms with Crippen LogP contribution in [0.15, 0.2) is 6.20 Å². The Bertz CT molecular complexity index is 479. The van der Waals surface area contributed by atoms with Gasteiger partial charge in [-0.15, -0.1) is 24.8 Å². The van der Waals surface area contributed by atoms with Crippen molar-refractivity contribution in [3.8, 4) is 11.5 Å². The average molecular weight is 300 g/mol. The van der Waals surface area contributed by atoms with E-state index in [0.29, 0.717) is 0 Å². The molecule has 5 nitrogen and oxygen atoms in total. The minimum Gasteiger partial charge on any atom is -0.503 e. The van der Waals surface area contributed by atoms with Gasteiger partial charge < -0.3 is 14.6 Å². The molecule has 1 N–H and O–H groups in total. The van der Waals surface area contributed by atoms with Gasteiger partial charge in [0.05, 0.1) is 31.3 Å². The lowest BCUT2D eigenvalue weighted by molar-refractivity contribution is -0.275. The molecule has 9 heteroatoms. The van der Waals surface area contributed by atoms with E-state index in [4.69, 9.17) is 11.6 Å². The molecule has 0 saturated carbocycles. The smallest absolute Gasteiger partial charge is 0.503 e. The fourth-order valence-corrected chi connectivity index (χ4v) is 1.57. The summed E-state index contributed by atoms with van der Waals surface area (Å²) >= 11 is 5.51. The quantitative estimate of drug-likeness (QED) is 0.681. The predicted molar refractivity (Wildman–Crippen MR) is 57.9 cm³/mol. The maximum Gasteiger partial charge on any atom is 0.573 e. The molecule has 0 aliphatic heterocycles. The number of aromatic hydroxyl groups is 1. The van der Waals surface area contributed by atoms with Crippen LogP contribution in [-0.2, 0) is 21.8 Å². The van der Waals surface area contributed by atoms with Crippen molar-refractivity contribution in [3.05, 3.63) is 17.5 Å². The summed E-state index contributed by atoms with van der Waals surface area (Å²) in [6, 6.07) is 0. The number of methoxy groups -OCH3 is 1. The molecule has 0 saturated heterocycles. The molecule has 106 valence electrons. The van der Waals surface area contributed by atoms with Crippen molar-refractivity contribution in [2.24, 2.45) is 0 Å². The number of aromatic nitrogens is 1. The second kappa shape index (κ2) is 5.96. The highest BCUT2D eigenvalue weighted by Gasteiger charge is 2.34. The van der Waals surface area contributed by atoms with Crippen LogP contribution in [0.1, 0.15) is 11.3 Å². The zero-order chi connectivity index (χ0) is 14.6. The third-order valence-electron chi connectivity index (χ3n) is 2.09. The minimum atomic E-state index is -5.00. The molecule has 0 fully saturated rings. The Morgan fingerprint density at radius 3 is 2.63 bits per heavy atom. The van der Waals surface area contributed by atoms with Gasteiger partial charge in [0, 0.05) is 5.56 Å². The first-order valence-corrected chi connectivity index (χ1v) is 5.40. The molecule has 0 spiro atoms. The van der Waals surface area contributed by atoms with Crippen LogP contribution in [0, 0.1) is 0 Å². The van der Waals surface area contributed by atoms with E-state index in [0.717, 1.165) is 13.3 Å². The Morgan fingerprint density at radius 1 is 1.53 bits per heavy atom. The van der Waals surface area contributed by atoms with Crippen molar-refractivity contribution in [2.45, 2.75) is 18.7 Å². The molecule has 1 rings (SSSR count). The summed E-state index contributed by atoms with van der Waals surface area (Å²) in [5, 5.41) is 9.34. The summed E-state index contributed by atoms with van der Waals surface area (Å²) in [6.07, 6.45) is -4.63. The maximum atomic E-state index is 12.2. The molecule has 0 atom stereocenters. The average Bonchev–Trinajstić information content (AvgIpc) is 2.31. The van der Waals surface area contributed by atoms with Gasteiger partial charge in [0.1, 0.15) is 0 Å². The highest BCUT2D eigenvalue weighted by atomic mass is 35.5. The van der Waals surface area contributed by atoms with Gasteiger partial charge in [0.15, 0.2) is 11.5 Å². The largest absolute Gasteiger partial charge is 0.573 e. The van der Waals surface area contributed by atoms with Crippen molar-refractivity contribution in [1.29, 1.82) is 0 Å². The Morgan fingerprint density at radius 2 is 2.16 bits per heavy atom. The lowest BCUT2D eigenvalue weighted by Crippen LogP contribution is -2.19. The molecule has 1 aromatic rings. The number of hydrogen-bond donors (Lipinski definition) is 1. The van der Waals surface area contributed by atoms with E-state index >= 15 is 0 Å². The van der Waals surface area contributed by atoms with Crippen LogP contribution in [0.5, 0.6) is 11.5 Å². The molecule has 0 bridgehead atoms. The third kappa shape index (κ3) is 4.16. The number of hydrogen-bond acceptors (Lipinski definition) is 5. The van der Waals surface area contributed by atoms with Crippen molar-refractivity contribution >= 4 is 17.6 Å². The fraction of sp³-hybridized carbons (Fsp3) is 0.400. The molecule has 19 heavy (non-hydrogen) atoms. The van der Waals surface area contributed by atoms with E-state index in [1.807, 2.05) is 0 Å². The molecule has 0 aliphatic rings. The summed E-state index contributed by atoms with van der Waals surface area (Å²) in [5.74, 6) is -2.81. The van der Waals surface area contributed by atoms with Crippen molar-refractivity contribution < 1.29 is 32.5 Å². The van der Waals surface area contributed by atoms with Crippen molar-refractivity contribution in [2.75, 3.05) is 7.11 Å². The van der Waals surface area contributed by atoms with Gasteiger partial charge in [0.25, 0.3) is 0 Å². The van der Waals surface area contributed by atoms with Gasteiger partial charge >= 0.3 is 12.3 Å². The number of carbonyl (C=O) groups is 1. The number of pyridine rings is 1. The summed E-state index contributed by atoms with van der Waals surface area (Å²) in [5.41, 5.74) is -0.275. The second-order valence-corrected chi connectivity index (χ2v) is 3.60.